The molecule has 1 aromatic carbocycles. The topological polar surface area (TPSA) is 57.9 Å². The molecule has 0 saturated heterocycles. The molecule has 19 heavy (non-hydrogen) atoms. The number of halogens is 1. The normalized spacial score (nSPS) is 11.4. The summed E-state index contributed by atoms with van der Waals surface area (Å²) in [5.41, 5.74) is 1.23. The first-order valence-electron chi connectivity index (χ1n) is 5.64. The van der Waals surface area contributed by atoms with Gasteiger partial charge in [-0.3, -0.25) is 0 Å². The summed E-state index contributed by atoms with van der Waals surface area (Å²) >= 11 is 0. The summed E-state index contributed by atoms with van der Waals surface area (Å²) in [4.78, 5) is 4.04. The van der Waals surface area contributed by atoms with Crippen LogP contribution in [0.25, 0.3) is 0 Å². The van der Waals surface area contributed by atoms with E-state index in [-0.39, 0.29) is 5.82 Å². The Balaban J connectivity index is 2.18. The summed E-state index contributed by atoms with van der Waals surface area (Å²) in [6.07, 6.45) is 1.55. The fraction of sp³-hybridized carbons (Fsp3) is 0.143. The zero-order valence-electron chi connectivity index (χ0n) is 10.3. The number of ether oxygens (including phenoxy) is 1. The summed E-state index contributed by atoms with van der Waals surface area (Å²) in [5.74, 6) is 0.126. The lowest BCUT2D eigenvalue weighted by molar-refractivity contribution is 0.397. The van der Waals surface area contributed by atoms with E-state index in [1.54, 1.807) is 30.5 Å². The molecule has 96 valence electrons. The van der Waals surface area contributed by atoms with E-state index in [1.807, 2.05) is 0 Å². The van der Waals surface area contributed by atoms with Gasteiger partial charge in [-0.25, -0.2) is 9.37 Å². The fourth-order valence-corrected chi connectivity index (χ4v) is 1.62. The van der Waals surface area contributed by atoms with Crippen LogP contribution in [0.15, 0.2) is 42.6 Å². The van der Waals surface area contributed by atoms with Gasteiger partial charge in [0, 0.05) is 23.5 Å². The first-order valence-corrected chi connectivity index (χ1v) is 5.64. The number of pyridine rings is 1. The predicted molar refractivity (Wildman–Crippen MR) is 69.2 cm³/mol. The van der Waals surface area contributed by atoms with Gasteiger partial charge in [0.15, 0.2) is 0 Å². The van der Waals surface area contributed by atoms with Gasteiger partial charge < -0.3 is 10.1 Å². The van der Waals surface area contributed by atoms with Gasteiger partial charge in [0.2, 0.25) is 5.88 Å². The van der Waals surface area contributed by atoms with Crippen LogP contribution in [0.2, 0.25) is 0 Å². The maximum Gasteiger partial charge on any atom is 0.212 e. The summed E-state index contributed by atoms with van der Waals surface area (Å²) in [6, 6.07) is 10.9. The number of nitriles is 1. The van der Waals surface area contributed by atoms with Gasteiger partial charge in [0.1, 0.15) is 11.9 Å². The Morgan fingerprint density at radius 2 is 2.21 bits per heavy atom. The number of aromatic nitrogens is 1. The summed E-state index contributed by atoms with van der Waals surface area (Å²) in [6.45, 7) is 0. The maximum absolute atomic E-state index is 13.1. The van der Waals surface area contributed by atoms with Crippen LogP contribution in [-0.2, 0) is 0 Å². The molecule has 0 spiro atoms. The molecule has 2 aromatic rings. The molecule has 0 aliphatic carbocycles. The van der Waals surface area contributed by atoms with E-state index >= 15 is 0 Å². The Morgan fingerprint density at radius 3 is 2.79 bits per heavy atom. The van der Waals surface area contributed by atoms with Crippen molar-refractivity contribution < 1.29 is 9.13 Å². The van der Waals surface area contributed by atoms with Gasteiger partial charge in [-0.1, -0.05) is 6.07 Å². The van der Waals surface area contributed by atoms with Crippen LogP contribution < -0.4 is 10.1 Å². The smallest absolute Gasteiger partial charge is 0.212 e. The molecule has 0 amide bonds. The van der Waals surface area contributed by atoms with Crippen molar-refractivity contribution in [3.63, 3.8) is 0 Å². The Labute approximate surface area is 110 Å². The average molecular weight is 257 g/mol. The zero-order chi connectivity index (χ0) is 13.7. The van der Waals surface area contributed by atoms with Crippen LogP contribution in [0.5, 0.6) is 5.88 Å². The summed E-state index contributed by atoms with van der Waals surface area (Å²) in [7, 11) is 1.52. The van der Waals surface area contributed by atoms with Crippen LogP contribution in [0.3, 0.4) is 0 Å². The van der Waals surface area contributed by atoms with Gasteiger partial charge in [0.05, 0.1) is 13.2 Å². The van der Waals surface area contributed by atoms with Gasteiger partial charge >= 0.3 is 0 Å². The highest BCUT2D eigenvalue weighted by molar-refractivity contribution is 5.47. The molecule has 1 unspecified atom stereocenters. The van der Waals surface area contributed by atoms with Crippen molar-refractivity contribution in [1.29, 1.82) is 5.26 Å². The third kappa shape index (κ3) is 3.19. The van der Waals surface area contributed by atoms with Crippen molar-refractivity contribution in [3.8, 4) is 11.9 Å². The van der Waals surface area contributed by atoms with E-state index in [9.17, 15) is 9.65 Å². The molecule has 0 aliphatic rings. The third-order valence-electron chi connectivity index (χ3n) is 2.57. The van der Waals surface area contributed by atoms with Crippen LogP contribution in [0.1, 0.15) is 11.6 Å². The Hall–Kier alpha value is -2.61. The molecule has 1 heterocycles. The van der Waals surface area contributed by atoms with E-state index in [0.717, 1.165) is 0 Å². The molecule has 2 rings (SSSR count). The third-order valence-corrected chi connectivity index (χ3v) is 2.57. The van der Waals surface area contributed by atoms with Gasteiger partial charge in [0.25, 0.3) is 0 Å². The summed E-state index contributed by atoms with van der Waals surface area (Å²) in [5, 5.41) is 12.1. The van der Waals surface area contributed by atoms with Crippen molar-refractivity contribution in [2.75, 3.05) is 12.4 Å². The second-order valence-electron chi connectivity index (χ2n) is 3.85. The lowest BCUT2D eigenvalue weighted by Crippen LogP contribution is -2.09. The van der Waals surface area contributed by atoms with Crippen molar-refractivity contribution in [2.45, 2.75) is 6.04 Å². The fourth-order valence-electron chi connectivity index (χ4n) is 1.62. The van der Waals surface area contributed by atoms with Crippen LogP contribution in [0, 0.1) is 17.1 Å². The second-order valence-corrected chi connectivity index (χ2v) is 3.85. The zero-order valence-corrected chi connectivity index (χ0v) is 10.3. The SMILES string of the molecule is COc1ccc(C(C#N)Nc2cccc(F)c2)cn1. The van der Waals surface area contributed by atoms with E-state index < -0.39 is 6.04 Å². The van der Waals surface area contributed by atoms with E-state index in [1.165, 1.54) is 19.2 Å². The highest BCUT2D eigenvalue weighted by Gasteiger charge is 2.11. The molecule has 1 N–H and O–H groups in total. The number of benzene rings is 1. The number of hydrogen-bond donors (Lipinski definition) is 1. The van der Waals surface area contributed by atoms with E-state index in [0.29, 0.717) is 17.1 Å². The first-order chi connectivity index (χ1) is 9.22. The van der Waals surface area contributed by atoms with Gasteiger partial charge in [-0.2, -0.15) is 5.26 Å². The Kier molecular flexibility index (Phi) is 3.94. The molecule has 1 atom stereocenters. The lowest BCUT2D eigenvalue weighted by Gasteiger charge is -2.13. The van der Waals surface area contributed by atoms with Crippen LogP contribution >= 0.6 is 0 Å². The molecule has 0 bridgehead atoms. The van der Waals surface area contributed by atoms with Crippen molar-refractivity contribution >= 4 is 5.69 Å². The number of rotatable bonds is 4. The average Bonchev–Trinajstić information content (AvgIpc) is 2.45. The standard InChI is InChI=1S/C14H12FN3O/c1-19-14-6-5-10(9-17-14)13(8-16)18-12-4-2-3-11(15)7-12/h2-7,9,13,18H,1H3. The molecule has 0 fully saturated rings. The summed E-state index contributed by atoms with van der Waals surface area (Å²) < 4.78 is 18.0. The van der Waals surface area contributed by atoms with Crippen molar-refractivity contribution in [1.82, 2.24) is 4.98 Å². The highest BCUT2D eigenvalue weighted by Crippen LogP contribution is 2.20. The molecular formula is C14H12FN3O. The minimum absolute atomic E-state index is 0.352. The van der Waals surface area contributed by atoms with Gasteiger partial charge in [-0.05, 0) is 24.3 Å². The lowest BCUT2D eigenvalue weighted by atomic mass is 10.1. The van der Waals surface area contributed by atoms with Gasteiger partial charge in [-0.15, -0.1) is 0 Å². The molecular weight excluding hydrogens is 245 g/mol. The van der Waals surface area contributed by atoms with Crippen molar-refractivity contribution in [2.24, 2.45) is 0 Å². The maximum atomic E-state index is 13.1. The van der Waals surface area contributed by atoms with Crippen molar-refractivity contribution in [3.05, 3.63) is 54.0 Å². The number of nitrogens with one attached hydrogen (secondary N) is 1. The molecule has 5 heteroatoms. The molecule has 0 radical (unpaired) electrons. The Morgan fingerprint density at radius 1 is 1.37 bits per heavy atom. The molecule has 0 aliphatic heterocycles. The molecule has 1 aromatic heterocycles. The predicted octanol–water partition coefficient (Wildman–Crippen LogP) is 2.91. The monoisotopic (exact) mass is 257 g/mol. The van der Waals surface area contributed by atoms with Crippen LogP contribution in [0.4, 0.5) is 10.1 Å². The number of nitrogens with zero attached hydrogens (tertiary/aromatic N) is 2. The first kappa shape index (κ1) is 12.8. The van der Waals surface area contributed by atoms with E-state index in [2.05, 4.69) is 16.4 Å². The number of anilines is 1. The van der Waals surface area contributed by atoms with Crippen LogP contribution in [-0.4, -0.2) is 12.1 Å². The van der Waals surface area contributed by atoms with E-state index in [4.69, 9.17) is 4.74 Å². The largest absolute Gasteiger partial charge is 0.481 e. The second kappa shape index (κ2) is 5.83. The minimum atomic E-state index is -0.597. The Bertz CT molecular complexity index is 592. The number of hydrogen-bond acceptors (Lipinski definition) is 4. The minimum Gasteiger partial charge on any atom is -0.481 e. The highest BCUT2D eigenvalue weighted by atomic mass is 19.1. The quantitative estimate of drug-likeness (QED) is 0.914. The molecule has 0 saturated carbocycles. The number of methoxy groups -OCH3 is 1. The molecule has 4 nitrogen and oxygen atoms in total.